The van der Waals surface area contributed by atoms with Crippen LogP contribution in [0.1, 0.15) is 43.4 Å². The van der Waals surface area contributed by atoms with Gasteiger partial charge in [0.1, 0.15) is 5.75 Å². The molecule has 136 valence electrons. The second-order valence-corrected chi connectivity index (χ2v) is 8.28. The van der Waals surface area contributed by atoms with E-state index in [4.69, 9.17) is 9.29 Å². The van der Waals surface area contributed by atoms with Gasteiger partial charge in [0.05, 0.1) is 12.9 Å². The first kappa shape index (κ1) is 20.4. The maximum atomic E-state index is 12.2. The Bertz CT molecular complexity index is 695. The van der Waals surface area contributed by atoms with Crippen molar-refractivity contribution in [2.75, 3.05) is 19.4 Å². The molecule has 0 aliphatic rings. The van der Waals surface area contributed by atoms with Gasteiger partial charge in [-0.1, -0.05) is 19.9 Å². The molecule has 0 saturated heterocycles. The van der Waals surface area contributed by atoms with Crippen LogP contribution in [0.2, 0.25) is 0 Å². The average molecular weight is 357 g/mol. The van der Waals surface area contributed by atoms with Crippen LogP contribution >= 0.6 is 0 Å². The first-order valence-corrected chi connectivity index (χ1v) is 9.45. The van der Waals surface area contributed by atoms with Crippen molar-refractivity contribution in [3.05, 3.63) is 28.8 Å². The maximum Gasteiger partial charge on any atom is 0.264 e. The molecule has 0 atom stereocenters. The van der Waals surface area contributed by atoms with Crippen LogP contribution in [0.5, 0.6) is 5.75 Å². The van der Waals surface area contributed by atoms with Crippen LogP contribution in [0, 0.1) is 13.8 Å². The summed E-state index contributed by atoms with van der Waals surface area (Å²) >= 11 is 0. The third-order valence-corrected chi connectivity index (χ3v) is 4.65. The van der Waals surface area contributed by atoms with Crippen LogP contribution in [0.3, 0.4) is 0 Å². The van der Waals surface area contributed by atoms with Gasteiger partial charge in [-0.25, -0.2) is 0 Å². The van der Waals surface area contributed by atoms with Crippen molar-refractivity contribution in [2.24, 2.45) is 0 Å². The smallest absolute Gasteiger partial charge is 0.264 e. The molecule has 0 heterocycles. The van der Waals surface area contributed by atoms with E-state index in [2.05, 4.69) is 11.4 Å². The molecule has 2 N–H and O–H groups in total. The monoisotopic (exact) mass is 357 g/mol. The van der Waals surface area contributed by atoms with E-state index in [1.165, 1.54) is 0 Å². The summed E-state index contributed by atoms with van der Waals surface area (Å²) in [5, 5.41) is 2.69. The largest absolute Gasteiger partial charge is 0.496 e. The van der Waals surface area contributed by atoms with Crippen LogP contribution in [-0.2, 0) is 20.3 Å². The average Bonchev–Trinajstić information content (AvgIpc) is 2.40. The zero-order valence-electron chi connectivity index (χ0n) is 15.0. The van der Waals surface area contributed by atoms with E-state index >= 15 is 0 Å². The van der Waals surface area contributed by atoms with Gasteiger partial charge in [-0.3, -0.25) is 9.35 Å². The minimum atomic E-state index is -3.99. The Morgan fingerprint density at radius 1 is 1.29 bits per heavy atom. The summed E-state index contributed by atoms with van der Waals surface area (Å²) in [6, 6.07) is 4.01. The maximum absolute atomic E-state index is 12.2. The zero-order valence-corrected chi connectivity index (χ0v) is 15.8. The molecule has 0 saturated carbocycles. The number of nitrogens with one attached hydrogen (secondary N) is 1. The summed E-state index contributed by atoms with van der Waals surface area (Å²) in [4.78, 5) is 12.2. The molecule has 0 aliphatic heterocycles. The van der Waals surface area contributed by atoms with Crippen molar-refractivity contribution in [1.82, 2.24) is 5.32 Å². The first-order chi connectivity index (χ1) is 11.0. The third-order valence-electron chi connectivity index (χ3n) is 3.84. The molecule has 0 aliphatic carbocycles. The van der Waals surface area contributed by atoms with Crippen LogP contribution in [0.4, 0.5) is 0 Å². The summed E-state index contributed by atoms with van der Waals surface area (Å²) in [6.45, 7) is 8.15. The molecule has 1 aromatic rings. The van der Waals surface area contributed by atoms with Crippen LogP contribution in [0.25, 0.3) is 0 Å². The Kier molecular flexibility index (Phi) is 6.80. The summed E-state index contributed by atoms with van der Waals surface area (Å²) in [5.74, 6) is 0.232. The fourth-order valence-electron chi connectivity index (χ4n) is 2.99. The van der Waals surface area contributed by atoms with Gasteiger partial charge < -0.3 is 10.1 Å². The number of rotatable bonds is 8. The predicted octanol–water partition coefficient (Wildman–Crippen LogP) is 2.37. The number of carbonyl (C=O) groups is 1. The number of carbonyl (C=O) groups excluding carboxylic acids is 1. The number of amides is 1. The molecular formula is C17H27NO5S. The van der Waals surface area contributed by atoms with Gasteiger partial charge in [-0.05, 0) is 37.5 Å². The highest BCUT2D eigenvalue weighted by Crippen LogP contribution is 2.37. The lowest BCUT2D eigenvalue weighted by molar-refractivity contribution is -0.122. The van der Waals surface area contributed by atoms with E-state index in [1.807, 2.05) is 33.8 Å². The van der Waals surface area contributed by atoms with Gasteiger partial charge in [0.15, 0.2) is 0 Å². The van der Waals surface area contributed by atoms with Gasteiger partial charge in [-0.15, -0.1) is 0 Å². The quantitative estimate of drug-likeness (QED) is 0.550. The lowest BCUT2D eigenvalue weighted by Gasteiger charge is -2.29. The van der Waals surface area contributed by atoms with Crippen LogP contribution < -0.4 is 10.1 Å². The SMILES string of the molecule is COc1cc(C)cc(C)c1C(C)(C)CC(=O)NCCCS(=O)(=O)O. The van der Waals surface area contributed by atoms with E-state index in [-0.39, 0.29) is 31.0 Å². The van der Waals surface area contributed by atoms with E-state index < -0.39 is 15.5 Å². The summed E-state index contributed by atoms with van der Waals surface area (Å²) in [5.41, 5.74) is 2.72. The number of benzene rings is 1. The van der Waals surface area contributed by atoms with Crippen molar-refractivity contribution in [1.29, 1.82) is 0 Å². The molecule has 0 fully saturated rings. The fourth-order valence-corrected chi connectivity index (χ4v) is 3.50. The minimum Gasteiger partial charge on any atom is -0.496 e. The van der Waals surface area contributed by atoms with Crippen LogP contribution in [0.15, 0.2) is 12.1 Å². The second-order valence-electron chi connectivity index (χ2n) is 6.71. The normalized spacial score (nSPS) is 12.1. The Labute approximate surface area is 144 Å². The van der Waals surface area contributed by atoms with E-state index in [0.717, 1.165) is 22.4 Å². The molecular weight excluding hydrogens is 330 g/mol. The van der Waals surface area contributed by atoms with Crippen molar-refractivity contribution < 1.29 is 22.5 Å². The molecule has 0 radical (unpaired) electrons. The van der Waals surface area contributed by atoms with Gasteiger partial charge in [-0.2, -0.15) is 8.42 Å². The molecule has 1 rings (SSSR count). The molecule has 0 unspecified atom stereocenters. The van der Waals surface area contributed by atoms with Gasteiger partial charge >= 0.3 is 0 Å². The molecule has 1 amide bonds. The number of hydrogen-bond acceptors (Lipinski definition) is 4. The predicted molar refractivity (Wildman–Crippen MR) is 94.2 cm³/mol. The minimum absolute atomic E-state index is 0.169. The molecule has 6 nitrogen and oxygen atoms in total. The lowest BCUT2D eigenvalue weighted by Crippen LogP contribution is -2.33. The molecule has 0 aromatic heterocycles. The molecule has 7 heteroatoms. The zero-order chi connectivity index (χ0) is 18.5. The third kappa shape index (κ3) is 6.13. The highest BCUT2D eigenvalue weighted by molar-refractivity contribution is 7.85. The highest BCUT2D eigenvalue weighted by Gasteiger charge is 2.29. The second kappa shape index (κ2) is 7.98. The van der Waals surface area contributed by atoms with Crippen molar-refractivity contribution >= 4 is 16.0 Å². The summed E-state index contributed by atoms with van der Waals surface area (Å²) < 4.78 is 35.5. The van der Waals surface area contributed by atoms with Crippen LogP contribution in [-0.4, -0.2) is 38.3 Å². The van der Waals surface area contributed by atoms with E-state index in [1.54, 1.807) is 7.11 Å². The molecule has 24 heavy (non-hydrogen) atoms. The Morgan fingerprint density at radius 3 is 2.46 bits per heavy atom. The van der Waals surface area contributed by atoms with Crippen molar-refractivity contribution in [3.8, 4) is 5.75 Å². The van der Waals surface area contributed by atoms with E-state index in [9.17, 15) is 13.2 Å². The van der Waals surface area contributed by atoms with Gasteiger partial charge in [0.2, 0.25) is 5.91 Å². The number of ether oxygens (including phenoxy) is 1. The summed E-state index contributed by atoms with van der Waals surface area (Å²) in [6.07, 6.45) is 0.428. The Morgan fingerprint density at radius 2 is 1.92 bits per heavy atom. The standard InChI is InChI=1S/C17H27NO5S/c1-12-9-13(2)16(14(10-12)23-5)17(3,4)11-15(19)18-7-6-8-24(20,21)22/h9-10H,6-8,11H2,1-5H3,(H,18,19)(H,20,21,22). The summed E-state index contributed by atoms with van der Waals surface area (Å²) in [7, 11) is -2.37. The number of hydrogen-bond donors (Lipinski definition) is 2. The Balaban J connectivity index is 2.77. The molecule has 0 spiro atoms. The molecule has 0 bridgehead atoms. The Hall–Kier alpha value is -1.60. The van der Waals surface area contributed by atoms with Gasteiger partial charge in [0, 0.05) is 23.9 Å². The first-order valence-electron chi connectivity index (χ1n) is 7.84. The van der Waals surface area contributed by atoms with Crippen molar-refractivity contribution in [3.63, 3.8) is 0 Å². The fraction of sp³-hybridized carbons (Fsp3) is 0.588. The number of aryl methyl sites for hydroxylation is 2. The topological polar surface area (TPSA) is 92.7 Å². The van der Waals surface area contributed by atoms with Crippen molar-refractivity contribution in [2.45, 2.75) is 46.0 Å². The number of methoxy groups -OCH3 is 1. The highest BCUT2D eigenvalue weighted by atomic mass is 32.2. The molecule has 1 aromatic carbocycles. The lowest BCUT2D eigenvalue weighted by atomic mass is 9.78. The van der Waals surface area contributed by atoms with Gasteiger partial charge in [0.25, 0.3) is 10.1 Å². The van der Waals surface area contributed by atoms with E-state index in [0.29, 0.717) is 0 Å².